The summed E-state index contributed by atoms with van der Waals surface area (Å²) in [4.78, 5) is 16.5. The average Bonchev–Trinajstić information content (AvgIpc) is 2.77. The van der Waals surface area contributed by atoms with Gasteiger partial charge in [-0.1, -0.05) is 12.1 Å². The monoisotopic (exact) mass is 458 g/mol. The van der Waals surface area contributed by atoms with E-state index in [2.05, 4.69) is 15.6 Å². The summed E-state index contributed by atoms with van der Waals surface area (Å²) in [7, 11) is 1.76. The minimum absolute atomic E-state index is 0.102. The summed E-state index contributed by atoms with van der Waals surface area (Å²) in [6.07, 6.45) is -2.09. The third-order valence-electron chi connectivity index (χ3n) is 4.80. The Labute approximate surface area is 190 Å². The fourth-order valence-corrected chi connectivity index (χ4v) is 3.23. The van der Waals surface area contributed by atoms with E-state index in [1.54, 1.807) is 31.4 Å². The predicted octanol–water partition coefficient (Wildman–Crippen LogP) is 5.01. The van der Waals surface area contributed by atoms with Crippen molar-refractivity contribution < 1.29 is 22.7 Å². The Morgan fingerprint density at radius 1 is 1.03 bits per heavy atom. The number of halogens is 3. The number of ether oxygens (including phenoxy) is 1. The number of rotatable bonds is 9. The van der Waals surface area contributed by atoms with Gasteiger partial charge >= 0.3 is 6.18 Å². The standard InChI is InChI=1S/C24H25F3N4O2/c1-29-22-15-21(8-10-30-22)33-20-4-2-3-16(13-20)5-6-23(32)31-19-12-17(7-9-28)11-18(14-19)24(25,26)27/h2-4,8,10-15H,5-7,9,28H2,1H3,(H,29,30)(H,31,32). The Balaban J connectivity index is 1.63. The highest BCUT2D eigenvalue weighted by molar-refractivity contribution is 5.91. The molecule has 1 aromatic heterocycles. The molecule has 0 fully saturated rings. The molecule has 9 heteroatoms. The van der Waals surface area contributed by atoms with Crippen molar-refractivity contribution in [2.75, 3.05) is 24.2 Å². The summed E-state index contributed by atoms with van der Waals surface area (Å²) in [5.41, 5.74) is 6.05. The van der Waals surface area contributed by atoms with Crippen molar-refractivity contribution in [1.82, 2.24) is 4.98 Å². The topological polar surface area (TPSA) is 89.3 Å². The van der Waals surface area contributed by atoms with Gasteiger partial charge in [0.2, 0.25) is 5.91 Å². The number of carbonyl (C=O) groups excluding carboxylic acids is 1. The van der Waals surface area contributed by atoms with Crippen molar-refractivity contribution in [2.24, 2.45) is 5.73 Å². The molecule has 0 bridgehead atoms. The number of hydrogen-bond donors (Lipinski definition) is 3. The van der Waals surface area contributed by atoms with E-state index in [9.17, 15) is 18.0 Å². The van der Waals surface area contributed by atoms with Gasteiger partial charge in [-0.25, -0.2) is 4.98 Å². The molecule has 0 radical (unpaired) electrons. The highest BCUT2D eigenvalue weighted by Gasteiger charge is 2.31. The Morgan fingerprint density at radius 3 is 2.55 bits per heavy atom. The molecular formula is C24H25F3N4O2. The van der Waals surface area contributed by atoms with Crippen LogP contribution in [-0.2, 0) is 23.8 Å². The smallest absolute Gasteiger partial charge is 0.416 e. The minimum Gasteiger partial charge on any atom is -0.457 e. The molecule has 174 valence electrons. The molecule has 0 aliphatic carbocycles. The Kier molecular flexibility index (Phi) is 7.89. The second-order valence-corrected chi connectivity index (χ2v) is 7.38. The molecule has 2 aromatic carbocycles. The van der Waals surface area contributed by atoms with E-state index >= 15 is 0 Å². The third kappa shape index (κ3) is 7.21. The predicted molar refractivity (Wildman–Crippen MR) is 121 cm³/mol. The number of carbonyl (C=O) groups is 1. The quantitative estimate of drug-likeness (QED) is 0.420. The van der Waals surface area contributed by atoms with E-state index < -0.39 is 11.7 Å². The Morgan fingerprint density at radius 2 is 1.82 bits per heavy atom. The maximum absolute atomic E-state index is 13.2. The number of hydrogen-bond acceptors (Lipinski definition) is 5. The van der Waals surface area contributed by atoms with Crippen molar-refractivity contribution in [2.45, 2.75) is 25.4 Å². The summed E-state index contributed by atoms with van der Waals surface area (Å²) in [5.74, 6) is 1.50. The first-order valence-electron chi connectivity index (χ1n) is 10.4. The third-order valence-corrected chi connectivity index (χ3v) is 4.80. The molecule has 0 unspecified atom stereocenters. The van der Waals surface area contributed by atoms with Crippen molar-refractivity contribution >= 4 is 17.4 Å². The van der Waals surface area contributed by atoms with Gasteiger partial charge in [-0.3, -0.25) is 4.79 Å². The lowest BCUT2D eigenvalue weighted by Gasteiger charge is -2.13. The summed E-state index contributed by atoms with van der Waals surface area (Å²) in [6, 6.07) is 14.3. The second-order valence-electron chi connectivity index (χ2n) is 7.38. The molecule has 0 aliphatic heterocycles. The first-order chi connectivity index (χ1) is 15.8. The maximum Gasteiger partial charge on any atom is 0.416 e. The SMILES string of the molecule is CNc1cc(Oc2cccc(CCC(=O)Nc3cc(CCN)cc(C(F)(F)F)c3)c2)ccn1. The average molecular weight is 458 g/mol. The van der Waals surface area contributed by atoms with Crippen molar-refractivity contribution in [3.63, 3.8) is 0 Å². The van der Waals surface area contributed by atoms with Crippen LogP contribution in [0.3, 0.4) is 0 Å². The van der Waals surface area contributed by atoms with E-state index in [0.29, 0.717) is 29.3 Å². The van der Waals surface area contributed by atoms with Crippen LogP contribution in [0.4, 0.5) is 24.7 Å². The molecule has 0 spiro atoms. The van der Waals surface area contributed by atoms with Crippen LogP contribution in [0.25, 0.3) is 0 Å². The van der Waals surface area contributed by atoms with Gasteiger partial charge in [-0.15, -0.1) is 0 Å². The van der Waals surface area contributed by atoms with Crippen LogP contribution in [0.15, 0.2) is 60.8 Å². The Bertz CT molecular complexity index is 1100. The maximum atomic E-state index is 13.2. The molecule has 0 saturated heterocycles. The molecule has 3 aromatic rings. The van der Waals surface area contributed by atoms with Crippen LogP contribution in [0.2, 0.25) is 0 Å². The van der Waals surface area contributed by atoms with Gasteiger partial charge in [0.25, 0.3) is 0 Å². The first kappa shape index (κ1) is 24.1. The molecule has 6 nitrogen and oxygen atoms in total. The van der Waals surface area contributed by atoms with E-state index in [4.69, 9.17) is 10.5 Å². The number of benzene rings is 2. The van der Waals surface area contributed by atoms with Gasteiger partial charge in [0.15, 0.2) is 0 Å². The number of nitrogens with two attached hydrogens (primary N) is 1. The molecule has 0 atom stereocenters. The van der Waals surface area contributed by atoms with Crippen LogP contribution >= 0.6 is 0 Å². The van der Waals surface area contributed by atoms with Gasteiger partial charge in [0.1, 0.15) is 17.3 Å². The number of pyridine rings is 1. The van der Waals surface area contributed by atoms with Gasteiger partial charge in [0.05, 0.1) is 5.56 Å². The summed E-state index contributed by atoms with van der Waals surface area (Å²) < 4.78 is 45.4. The zero-order valence-electron chi connectivity index (χ0n) is 18.1. The molecule has 3 rings (SSSR count). The molecule has 1 heterocycles. The zero-order chi connectivity index (χ0) is 23.8. The van der Waals surface area contributed by atoms with Crippen LogP contribution in [-0.4, -0.2) is 24.5 Å². The molecule has 0 aliphatic rings. The first-order valence-corrected chi connectivity index (χ1v) is 10.4. The fraction of sp³-hybridized carbons (Fsp3) is 0.250. The van der Waals surface area contributed by atoms with Crippen LogP contribution in [0, 0.1) is 0 Å². The zero-order valence-corrected chi connectivity index (χ0v) is 18.1. The van der Waals surface area contributed by atoms with Crippen molar-refractivity contribution in [3.05, 3.63) is 77.5 Å². The highest BCUT2D eigenvalue weighted by Crippen LogP contribution is 2.32. The van der Waals surface area contributed by atoms with Crippen LogP contribution < -0.4 is 21.1 Å². The number of aryl methyl sites for hydroxylation is 1. The van der Waals surface area contributed by atoms with Gasteiger partial charge in [0, 0.05) is 31.4 Å². The molecule has 33 heavy (non-hydrogen) atoms. The lowest BCUT2D eigenvalue weighted by atomic mass is 10.1. The van der Waals surface area contributed by atoms with Crippen molar-refractivity contribution in [1.29, 1.82) is 0 Å². The number of nitrogens with zero attached hydrogens (tertiary/aromatic N) is 1. The summed E-state index contributed by atoms with van der Waals surface area (Å²) in [5, 5.41) is 5.50. The van der Waals surface area contributed by atoms with E-state index in [-0.39, 0.29) is 31.0 Å². The number of aromatic nitrogens is 1. The number of nitrogens with one attached hydrogen (secondary N) is 2. The molecular weight excluding hydrogens is 433 g/mol. The summed E-state index contributed by atoms with van der Waals surface area (Å²) in [6.45, 7) is 0.211. The van der Waals surface area contributed by atoms with E-state index in [1.807, 2.05) is 18.2 Å². The summed E-state index contributed by atoms with van der Waals surface area (Å²) >= 11 is 0. The largest absolute Gasteiger partial charge is 0.457 e. The van der Waals surface area contributed by atoms with Gasteiger partial charge in [-0.2, -0.15) is 13.2 Å². The highest BCUT2D eigenvalue weighted by atomic mass is 19.4. The van der Waals surface area contributed by atoms with E-state index in [1.165, 1.54) is 6.07 Å². The molecule has 1 amide bonds. The fourth-order valence-electron chi connectivity index (χ4n) is 3.23. The van der Waals surface area contributed by atoms with Crippen molar-refractivity contribution in [3.8, 4) is 11.5 Å². The van der Waals surface area contributed by atoms with Gasteiger partial charge < -0.3 is 21.1 Å². The Hall–Kier alpha value is -3.59. The van der Waals surface area contributed by atoms with E-state index in [0.717, 1.165) is 17.7 Å². The lowest BCUT2D eigenvalue weighted by Crippen LogP contribution is -2.15. The minimum atomic E-state index is -4.51. The van der Waals surface area contributed by atoms with Gasteiger partial charge in [-0.05, 0) is 66.9 Å². The normalized spacial score (nSPS) is 11.2. The van der Waals surface area contributed by atoms with Crippen LogP contribution in [0.1, 0.15) is 23.1 Å². The number of alkyl halides is 3. The number of amides is 1. The lowest BCUT2D eigenvalue weighted by molar-refractivity contribution is -0.137. The van der Waals surface area contributed by atoms with Crippen LogP contribution in [0.5, 0.6) is 11.5 Å². The molecule has 4 N–H and O–H groups in total. The number of anilines is 2. The molecule has 0 saturated carbocycles. The second kappa shape index (κ2) is 10.8.